The summed E-state index contributed by atoms with van der Waals surface area (Å²) in [5.41, 5.74) is 0.383. The maximum absolute atomic E-state index is 4.87. The molecule has 2 fully saturated rings. The summed E-state index contributed by atoms with van der Waals surface area (Å²) in [6.45, 7) is 6.86. The van der Waals surface area contributed by atoms with E-state index in [9.17, 15) is 0 Å². The van der Waals surface area contributed by atoms with Gasteiger partial charge in [0.25, 0.3) is 0 Å². The van der Waals surface area contributed by atoms with Crippen LogP contribution in [0.1, 0.15) is 52.9 Å². The van der Waals surface area contributed by atoms with Gasteiger partial charge >= 0.3 is 0 Å². The molecule has 2 nitrogen and oxygen atoms in total. The molecule has 2 rings (SSSR count). The summed E-state index contributed by atoms with van der Waals surface area (Å²) in [5, 5.41) is 4.97. The Morgan fingerprint density at radius 2 is 2.21 bits per heavy atom. The Morgan fingerprint density at radius 1 is 1.47 bits per heavy atom. The minimum Gasteiger partial charge on any atom is -0.359 e. The van der Waals surface area contributed by atoms with Crippen molar-refractivity contribution in [3.63, 3.8) is 0 Å². The highest BCUT2D eigenvalue weighted by molar-refractivity contribution is 8.14. The molecular weight excluding hydrogens is 272 g/mol. The van der Waals surface area contributed by atoms with Crippen LogP contribution in [0.4, 0.5) is 0 Å². The highest BCUT2D eigenvalue weighted by Gasteiger charge is 2.39. The molecule has 0 bridgehead atoms. The van der Waals surface area contributed by atoms with Gasteiger partial charge in [0.05, 0.1) is 6.04 Å². The van der Waals surface area contributed by atoms with Gasteiger partial charge in [-0.2, -0.15) is 11.8 Å². The van der Waals surface area contributed by atoms with Crippen molar-refractivity contribution in [2.75, 3.05) is 17.3 Å². The lowest BCUT2D eigenvalue weighted by atomic mass is 9.78. The van der Waals surface area contributed by atoms with Gasteiger partial charge in [-0.1, -0.05) is 25.6 Å². The number of aliphatic imine (C=N–C) groups is 1. The molecule has 1 saturated carbocycles. The maximum atomic E-state index is 4.87. The molecular formula is C15H28N2S2. The van der Waals surface area contributed by atoms with Gasteiger partial charge < -0.3 is 5.32 Å². The molecule has 0 amide bonds. The summed E-state index contributed by atoms with van der Waals surface area (Å²) in [6.07, 6.45) is 6.63. The highest BCUT2D eigenvalue weighted by Crippen LogP contribution is 2.38. The first kappa shape index (κ1) is 15.6. The lowest BCUT2D eigenvalue weighted by molar-refractivity contribution is 0.250. The van der Waals surface area contributed by atoms with E-state index in [-0.39, 0.29) is 0 Å². The third-order valence-corrected chi connectivity index (χ3v) is 6.42. The highest BCUT2D eigenvalue weighted by atomic mass is 32.2. The summed E-state index contributed by atoms with van der Waals surface area (Å²) in [4.78, 5) is 4.87. The Kier molecular flexibility index (Phi) is 5.94. The molecule has 1 unspecified atom stereocenters. The van der Waals surface area contributed by atoms with Crippen LogP contribution < -0.4 is 5.32 Å². The summed E-state index contributed by atoms with van der Waals surface area (Å²) < 4.78 is 0. The lowest BCUT2D eigenvalue weighted by Crippen LogP contribution is -2.46. The number of rotatable bonds is 5. The molecule has 19 heavy (non-hydrogen) atoms. The quantitative estimate of drug-likeness (QED) is 0.772. The van der Waals surface area contributed by atoms with E-state index in [2.05, 4.69) is 26.1 Å². The number of nitrogens with one attached hydrogen (secondary N) is 1. The van der Waals surface area contributed by atoms with Gasteiger partial charge in [-0.15, -0.1) is 0 Å². The van der Waals surface area contributed by atoms with Crippen LogP contribution >= 0.6 is 23.5 Å². The smallest absolute Gasteiger partial charge is 0.157 e. The lowest BCUT2D eigenvalue weighted by Gasteiger charge is -2.35. The van der Waals surface area contributed by atoms with Crippen molar-refractivity contribution in [1.29, 1.82) is 0 Å². The summed E-state index contributed by atoms with van der Waals surface area (Å²) in [5.74, 6) is 4.61. The number of thioether (sulfide) groups is 2. The van der Waals surface area contributed by atoms with Crippen LogP contribution in [0.25, 0.3) is 0 Å². The molecule has 0 aromatic carbocycles. The van der Waals surface area contributed by atoms with Crippen molar-refractivity contribution in [2.24, 2.45) is 10.9 Å². The van der Waals surface area contributed by atoms with Gasteiger partial charge in [-0.25, -0.2) is 0 Å². The Hall–Kier alpha value is 0.170. The van der Waals surface area contributed by atoms with E-state index in [0.717, 1.165) is 5.92 Å². The fourth-order valence-corrected chi connectivity index (χ4v) is 4.94. The average molecular weight is 301 g/mol. The van der Waals surface area contributed by atoms with E-state index in [1.807, 2.05) is 23.5 Å². The van der Waals surface area contributed by atoms with Crippen LogP contribution in [0.2, 0.25) is 0 Å². The number of amidine groups is 1. The zero-order valence-electron chi connectivity index (χ0n) is 12.6. The van der Waals surface area contributed by atoms with Crippen LogP contribution in [0.15, 0.2) is 4.99 Å². The first-order valence-electron chi connectivity index (χ1n) is 7.70. The van der Waals surface area contributed by atoms with Crippen LogP contribution in [-0.2, 0) is 0 Å². The van der Waals surface area contributed by atoms with E-state index in [4.69, 9.17) is 4.99 Å². The summed E-state index contributed by atoms with van der Waals surface area (Å²) in [6, 6.07) is 0.465. The van der Waals surface area contributed by atoms with E-state index in [0.29, 0.717) is 11.6 Å². The first-order valence-corrected chi connectivity index (χ1v) is 9.84. The van der Waals surface area contributed by atoms with Crippen molar-refractivity contribution >= 4 is 28.7 Å². The van der Waals surface area contributed by atoms with Gasteiger partial charge in [0.15, 0.2) is 5.17 Å². The van der Waals surface area contributed by atoms with E-state index >= 15 is 0 Å². The molecule has 110 valence electrons. The van der Waals surface area contributed by atoms with Crippen molar-refractivity contribution in [3.05, 3.63) is 0 Å². The second-order valence-corrected chi connectivity index (χ2v) is 8.50. The maximum Gasteiger partial charge on any atom is 0.157 e. The Bertz CT molecular complexity index is 309. The van der Waals surface area contributed by atoms with Gasteiger partial charge in [0.2, 0.25) is 0 Å². The summed E-state index contributed by atoms with van der Waals surface area (Å²) in [7, 11) is 0. The normalized spacial score (nSPS) is 34.7. The fourth-order valence-electron chi connectivity index (χ4n) is 2.82. The summed E-state index contributed by atoms with van der Waals surface area (Å²) >= 11 is 3.97. The second-order valence-electron chi connectivity index (χ2n) is 6.15. The van der Waals surface area contributed by atoms with Gasteiger partial charge in [-0.05, 0) is 56.5 Å². The number of nitrogens with zero attached hydrogens (tertiary/aromatic N) is 1. The number of hydrogen-bond donors (Lipinski definition) is 1. The van der Waals surface area contributed by atoms with Crippen LogP contribution in [0, 0.1) is 5.92 Å². The predicted octanol–water partition coefficient (Wildman–Crippen LogP) is 4.16. The van der Waals surface area contributed by atoms with Crippen LogP contribution in [0.3, 0.4) is 0 Å². The second kappa shape index (κ2) is 7.26. The third-order valence-electron chi connectivity index (χ3n) is 4.31. The molecule has 1 spiro atoms. The SMILES string of the molecule is CCSCCC(C)N=C1NC2(CCC(C)CC2)CS1. The van der Waals surface area contributed by atoms with Crippen LogP contribution in [-0.4, -0.2) is 34.0 Å². The minimum atomic E-state index is 0.383. The number of hydrogen-bond acceptors (Lipinski definition) is 3. The van der Waals surface area contributed by atoms with E-state index in [1.54, 1.807) is 0 Å². The monoisotopic (exact) mass is 300 g/mol. The molecule has 4 heteroatoms. The molecule has 1 heterocycles. The van der Waals surface area contributed by atoms with Crippen molar-refractivity contribution in [2.45, 2.75) is 64.5 Å². The molecule has 2 aliphatic rings. The molecule has 1 N–H and O–H groups in total. The molecule has 1 atom stereocenters. The van der Waals surface area contributed by atoms with Crippen molar-refractivity contribution in [1.82, 2.24) is 5.32 Å². The molecule has 0 aromatic rings. The third kappa shape index (κ3) is 4.59. The Morgan fingerprint density at radius 3 is 2.89 bits per heavy atom. The Labute approximate surface area is 127 Å². The largest absolute Gasteiger partial charge is 0.359 e. The fraction of sp³-hybridized carbons (Fsp3) is 0.933. The molecule has 1 aliphatic carbocycles. The minimum absolute atomic E-state index is 0.383. The van der Waals surface area contributed by atoms with Gasteiger partial charge in [0.1, 0.15) is 0 Å². The van der Waals surface area contributed by atoms with Gasteiger partial charge in [-0.3, -0.25) is 4.99 Å². The van der Waals surface area contributed by atoms with E-state index < -0.39 is 0 Å². The first-order chi connectivity index (χ1) is 9.13. The van der Waals surface area contributed by atoms with Crippen LogP contribution in [0.5, 0.6) is 0 Å². The Balaban J connectivity index is 1.80. The van der Waals surface area contributed by atoms with Crippen molar-refractivity contribution in [3.8, 4) is 0 Å². The molecule has 1 aliphatic heterocycles. The topological polar surface area (TPSA) is 24.4 Å². The zero-order valence-corrected chi connectivity index (χ0v) is 14.2. The molecule has 0 aromatic heterocycles. The standard InChI is InChI=1S/C15H28N2S2/c1-4-18-10-7-13(3)16-14-17-15(11-19-14)8-5-12(2)6-9-15/h12-13H,4-11H2,1-3H3,(H,16,17). The average Bonchev–Trinajstić information content (AvgIpc) is 2.77. The predicted molar refractivity (Wildman–Crippen MR) is 90.5 cm³/mol. The molecule has 1 saturated heterocycles. The zero-order chi connectivity index (χ0) is 13.7. The molecule has 0 radical (unpaired) electrons. The van der Waals surface area contributed by atoms with E-state index in [1.165, 1.54) is 54.5 Å². The van der Waals surface area contributed by atoms with Crippen molar-refractivity contribution < 1.29 is 0 Å². The van der Waals surface area contributed by atoms with Gasteiger partial charge in [0, 0.05) is 11.3 Å².